The highest BCUT2D eigenvalue weighted by Crippen LogP contribution is 2.13. The number of amides is 3. The number of rotatable bonds is 7. The van der Waals surface area contributed by atoms with Crippen LogP contribution in [0.25, 0.3) is 0 Å². The molecule has 1 aromatic rings. The number of benzene rings is 1. The highest BCUT2D eigenvalue weighted by Gasteiger charge is 2.32. The second-order valence-electron chi connectivity index (χ2n) is 7.72. The second kappa shape index (κ2) is 9.39. The van der Waals surface area contributed by atoms with E-state index in [1.54, 1.807) is 4.90 Å². The van der Waals surface area contributed by atoms with Gasteiger partial charge in [-0.3, -0.25) is 9.59 Å². The van der Waals surface area contributed by atoms with Gasteiger partial charge in [0.1, 0.15) is 11.6 Å². The molecular formula is C20H29N3O4. The van der Waals surface area contributed by atoms with Gasteiger partial charge in [-0.2, -0.15) is 0 Å². The first-order chi connectivity index (χ1) is 12.7. The van der Waals surface area contributed by atoms with Crippen molar-refractivity contribution in [2.45, 2.75) is 58.2 Å². The Hall–Kier alpha value is -2.57. The van der Waals surface area contributed by atoms with Crippen molar-refractivity contribution < 1.29 is 19.1 Å². The van der Waals surface area contributed by atoms with Gasteiger partial charge in [0.25, 0.3) is 0 Å². The van der Waals surface area contributed by atoms with E-state index in [0.29, 0.717) is 32.4 Å². The van der Waals surface area contributed by atoms with E-state index in [9.17, 15) is 14.4 Å². The minimum Gasteiger partial charge on any atom is -0.444 e. The molecule has 0 bridgehead atoms. The molecule has 3 amide bonds. The summed E-state index contributed by atoms with van der Waals surface area (Å²) in [4.78, 5) is 37.8. The lowest BCUT2D eigenvalue weighted by atomic mass is 10.0. The van der Waals surface area contributed by atoms with Crippen LogP contribution in [0.5, 0.6) is 0 Å². The quantitative estimate of drug-likeness (QED) is 0.715. The summed E-state index contributed by atoms with van der Waals surface area (Å²) >= 11 is 0. The Labute approximate surface area is 160 Å². The summed E-state index contributed by atoms with van der Waals surface area (Å²) < 4.78 is 5.17. The lowest BCUT2D eigenvalue weighted by molar-refractivity contribution is -0.145. The summed E-state index contributed by atoms with van der Waals surface area (Å²) in [6.45, 7) is 6.42. The zero-order chi connectivity index (χ0) is 19.9. The van der Waals surface area contributed by atoms with E-state index in [1.165, 1.54) is 0 Å². The smallest absolute Gasteiger partial charge is 0.407 e. The summed E-state index contributed by atoms with van der Waals surface area (Å²) in [7, 11) is 0. The van der Waals surface area contributed by atoms with Crippen molar-refractivity contribution in [3.63, 3.8) is 0 Å². The number of hydrogen-bond donors (Lipinski definition) is 2. The number of hydrogen-bond acceptors (Lipinski definition) is 4. The standard InChI is InChI=1S/C20H29N3O4/c1-20(2,3)27-19(26)21-12-8-7-11-16-18(25)23(14-17(24)22-16)13-15-9-5-4-6-10-15/h4-6,9-10,16H,7-8,11-14H2,1-3H3,(H,21,26)(H,22,24). The molecule has 1 unspecified atom stereocenters. The zero-order valence-electron chi connectivity index (χ0n) is 16.3. The van der Waals surface area contributed by atoms with Crippen LogP contribution in [-0.4, -0.2) is 47.5 Å². The molecule has 1 saturated heterocycles. The Bertz CT molecular complexity index is 655. The molecule has 1 aliphatic rings. The van der Waals surface area contributed by atoms with Gasteiger partial charge < -0.3 is 20.3 Å². The molecule has 7 nitrogen and oxygen atoms in total. The van der Waals surface area contributed by atoms with Gasteiger partial charge in [-0.15, -0.1) is 0 Å². The summed E-state index contributed by atoms with van der Waals surface area (Å²) in [5.74, 6) is -0.194. The molecule has 0 aliphatic carbocycles. The third-order valence-electron chi connectivity index (χ3n) is 4.08. The number of ether oxygens (including phenoxy) is 1. The molecule has 0 radical (unpaired) electrons. The fourth-order valence-corrected chi connectivity index (χ4v) is 2.88. The van der Waals surface area contributed by atoms with Gasteiger partial charge >= 0.3 is 6.09 Å². The third-order valence-corrected chi connectivity index (χ3v) is 4.08. The Morgan fingerprint density at radius 2 is 1.93 bits per heavy atom. The average molecular weight is 375 g/mol. The minimum absolute atomic E-state index is 0.0569. The molecule has 2 N–H and O–H groups in total. The highest BCUT2D eigenvalue weighted by molar-refractivity contribution is 5.94. The van der Waals surface area contributed by atoms with E-state index in [1.807, 2.05) is 51.1 Å². The Balaban J connectivity index is 1.74. The zero-order valence-corrected chi connectivity index (χ0v) is 16.3. The molecule has 2 rings (SSSR count). The number of unbranched alkanes of at least 4 members (excludes halogenated alkanes) is 1. The number of nitrogens with zero attached hydrogens (tertiary/aromatic N) is 1. The van der Waals surface area contributed by atoms with Crippen molar-refractivity contribution in [1.82, 2.24) is 15.5 Å². The number of carbonyl (C=O) groups excluding carboxylic acids is 3. The van der Waals surface area contributed by atoms with Crippen LogP contribution in [0, 0.1) is 0 Å². The van der Waals surface area contributed by atoms with E-state index in [2.05, 4.69) is 10.6 Å². The van der Waals surface area contributed by atoms with Crippen LogP contribution in [0.1, 0.15) is 45.6 Å². The molecule has 1 heterocycles. The van der Waals surface area contributed by atoms with Crippen LogP contribution in [0.15, 0.2) is 30.3 Å². The third kappa shape index (κ3) is 7.29. The number of piperazine rings is 1. The maximum atomic E-state index is 12.6. The molecule has 7 heteroatoms. The van der Waals surface area contributed by atoms with Crippen molar-refractivity contribution in [2.75, 3.05) is 13.1 Å². The molecule has 1 aromatic carbocycles. The molecule has 0 spiro atoms. The highest BCUT2D eigenvalue weighted by atomic mass is 16.6. The molecule has 0 saturated carbocycles. The predicted molar refractivity (Wildman–Crippen MR) is 102 cm³/mol. The first kappa shape index (κ1) is 20.7. The van der Waals surface area contributed by atoms with Gasteiger partial charge in [-0.1, -0.05) is 30.3 Å². The first-order valence-electron chi connectivity index (χ1n) is 9.33. The number of carbonyl (C=O) groups is 3. The molecule has 148 valence electrons. The largest absolute Gasteiger partial charge is 0.444 e. The minimum atomic E-state index is -0.523. The van der Waals surface area contributed by atoms with E-state index in [4.69, 9.17) is 4.74 Å². The molecule has 1 aliphatic heterocycles. The summed E-state index contributed by atoms with van der Waals surface area (Å²) in [6, 6.07) is 9.13. The van der Waals surface area contributed by atoms with Crippen molar-refractivity contribution in [3.8, 4) is 0 Å². The SMILES string of the molecule is CC(C)(C)OC(=O)NCCCCC1NC(=O)CN(Cc2ccccc2)C1=O. The summed E-state index contributed by atoms with van der Waals surface area (Å²) in [5, 5.41) is 5.46. The van der Waals surface area contributed by atoms with E-state index in [-0.39, 0.29) is 18.4 Å². The Morgan fingerprint density at radius 1 is 1.22 bits per heavy atom. The van der Waals surface area contributed by atoms with E-state index >= 15 is 0 Å². The fraction of sp³-hybridized carbons (Fsp3) is 0.550. The van der Waals surface area contributed by atoms with Crippen LogP contribution in [-0.2, 0) is 20.9 Å². The van der Waals surface area contributed by atoms with Crippen LogP contribution in [0.4, 0.5) is 4.79 Å². The van der Waals surface area contributed by atoms with Crippen molar-refractivity contribution in [1.29, 1.82) is 0 Å². The monoisotopic (exact) mass is 375 g/mol. The van der Waals surface area contributed by atoms with Gasteiger partial charge in [0.05, 0.1) is 6.54 Å². The van der Waals surface area contributed by atoms with E-state index < -0.39 is 17.7 Å². The number of nitrogens with one attached hydrogen (secondary N) is 2. The molecule has 1 fully saturated rings. The predicted octanol–water partition coefficient (Wildman–Crippen LogP) is 2.21. The topological polar surface area (TPSA) is 87.7 Å². The van der Waals surface area contributed by atoms with Crippen LogP contribution in [0.3, 0.4) is 0 Å². The van der Waals surface area contributed by atoms with Gasteiger partial charge in [-0.25, -0.2) is 4.79 Å². The normalized spacial score (nSPS) is 17.4. The summed E-state index contributed by atoms with van der Waals surface area (Å²) in [5.41, 5.74) is 0.478. The molecule has 27 heavy (non-hydrogen) atoms. The molecule has 1 atom stereocenters. The van der Waals surface area contributed by atoms with Crippen molar-refractivity contribution in [2.24, 2.45) is 0 Å². The first-order valence-corrected chi connectivity index (χ1v) is 9.33. The number of alkyl carbamates (subject to hydrolysis) is 1. The maximum Gasteiger partial charge on any atom is 0.407 e. The van der Waals surface area contributed by atoms with Gasteiger partial charge in [0, 0.05) is 13.1 Å². The van der Waals surface area contributed by atoms with Crippen LogP contribution >= 0.6 is 0 Å². The average Bonchev–Trinajstić information content (AvgIpc) is 2.57. The molecular weight excluding hydrogens is 346 g/mol. The lowest BCUT2D eigenvalue weighted by Gasteiger charge is -2.32. The molecule has 0 aromatic heterocycles. The van der Waals surface area contributed by atoms with Gasteiger partial charge in [0.15, 0.2) is 0 Å². The second-order valence-corrected chi connectivity index (χ2v) is 7.72. The van der Waals surface area contributed by atoms with Gasteiger partial charge in [0.2, 0.25) is 11.8 Å². The summed E-state index contributed by atoms with van der Waals surface area (Å²) in [6.07, 6.45) is 1.52. The fourth-order valence-electron chi connectivity index (χ4n) is 2.88. The van der Waals surface area contributed by atoms with Crippen molar-refractivity contribution in [3.05, 3.63) is 35.9 Å². The Morgan fingerprint density at radius 3 is 2.59 bits per heavy atom. The van der Waals surface area contributed by atoms with Gasteiger partial charge in [-0.05, 0) is 45.6 Å². The lowest BCUT2D eigenvalue weighted by Crippen LogP contribution is -2.57. The maximum absolute atomic E-state index is 12.6. The Kier molecular flexibility index (Phi) is 7.21. The van der Waals surface area contributed by atoms with Crippen LogP contribution in [0.2, 0.25) is 0 Å². The van der Waals surface area contributed by atoms with E-state index in [0.717, 1.165) is 5.56 Å². The van der Waals surface area contributed by atoms with Crippen molar-refractivity contribution >= 4 is 17.9 Å². The van der Waals surface area contributed by atoms with Crippen LogP contribution < -0.4 is 10.6 Å².